The maximum atomic E-state index is 13.4. The fourth-order valence-electron chi connectivity index (χ4n) is 5.57. The molecule has 1 fully saturated rings. The Kier molecular flexibility index (Phi) is 6.37. The van der Waals surface area contributed by atoms with E-state index in [1.165, 1.54) is 7.11 Å². The fourth-order valence-corrected chi connectivity index (χ4v) is 5.57. The molecule has 1 heterocycles. The van der Waals surface area contributed by atoms with Gasteiger partial charge in [-0.3, -0.25) is 10.1 Å². The van der Waals surface area contributed by atoms with Gasteiger partial charge in [0.25, 0.3) is 0 Å². The van der Waals surface area contributed by atoms with Crippen LogP contribution < -0.4 is 5.32 Å². The summed E-state index contributed by atoms with van der Waals surface area (Å²) in [7, 11) is 1.26. The SMILES string of the molecule is COC(=O)[C@@H](NC1(c2ccccc2)c2ccccc2-c2ccccc21)[C@H]1OC(C)(C)O[C@@H]1[C@H](O)C(=O)O. The van der Waals surface area contributed by atoms with Crippen LogP contribution in [-0.4, -0.2) is 59.4 Å². The number of hydrogen-bond donors (Lipinski definition) is 3. The molecule has 0 unspecified atom stereocenters. The quantitative estimate of drug-likeness (QED) is 0.422. The predicted octanol–water partition coefficient (Wildman–Crippen LogP) is 3.06. The van der Waals surface area contributed by atoms with Crippen molar-refractivity contribution < 1.29 is 34.0 Å². The summed E-state index contributed by atoms with van der Waals surface area (Å²) in [5.74, 6) is -3.40. The van der Waals surface area contributed by atoms with Crippen LogP contribution in [0.4, 0.5) is 0 Å². The number of aliphatic hydroxyl groups excluding tert-OH is 1. The Balaban J connectivity index is 1.72. The molecule has 1 aliphatic carbocycles. The third-order valence-electron chi connectivity index (χ3n) is 7.04. The molecule has 37 heavy (non-hydrogen) atoms. The molecule has 0 radical (unpaired) electrons. The highest BCUT2D eigenvalue weighted by Crippen LogP contribution is 2.51. The van der Waals surface area contributed by atoms with Crippen molar-refractivity contribution in [1.82, 2.24) is 5.32 Å². The summed E-state index contributed by atoms with van der Waals surface area (Å²) in [6.45, 7) is 3.21. The van der Waals surface area contributed by atoms with Gasteiger partial charge in [-0.15, -0.1) is 0 Å². The van der Waals surface area contributed by atoms with Crippen molar-refractivity contribution in [1.29, 1.82) is 0 Å². The van der Waals surface area contributed by atoms with E-state index in [9.17, 15) is 19.8 Å². The smallest absolute Gasteiger partial charge is 0.335 e. The topological polar surface area (TPSA) is 114 Å². The standard InChI is InChI=1S/C29H29NO7/c1-28(2)36-24(25(37-28)23(31)26(32)33)22(27(34)35-3)30-29(17-11-5-4-6-12-17)20-15-9-7-13-18(20)19-14-8-10-16-21(19)29/h4-16,22-25,30-31H,1-3H3,(H,32,33)/t22-,23-,24+,25+/m0/s1. The first kappa shape index (κ1) is 25.1. The lowest BCUT2D eigenvalue weighted by molar-refractivity contribution is -0.169. The van der Waals surface area contributed by atoms with E-state index >= 15 is 0 Å². The van der Waals surface area contributed by atoms with Crippen LogP contribution in [0.15, 0.2) is 78.9 Å². The van der Waals surface area contributed by atoms with Crippen LogP contribution in [0.1, 0.15) is 30.5 Å². The molecular formula is C29H29NO7. The van der Waals surface area contributed by atoms with Gasteiger partial charge >= 0.3 is 11.9 Å². The number of hydrogen-bond acceptors (Lipinski definition) is 7. The number of ether oxygens (including phenoxy) is 3. The van der Waals surface area contributed by atoms with E-state index < -0.39 is 47.6 Å². The molecule has 3 aromatic rings. The van der Waals surface area contributed by atoms with Crippen LogP contribution in [0.3, 0.4) is 0 Å². The van der Waals surface area contributed by atoms with Gasteiger partial charge in [0.05, 0.1) is 12.6 Å². The van der Waals surface area contributed by atoms with E-state index in [4.69, 9.17) is 14.2 Å². The Morgan fingerprint density at radius 1 is 0.865 bits per heavy atom. The number of fused-ring (bicyclic) bond motifs is 3. The van der Waals surface area contributed by atoms with E-state index in [0.29, 0.717) is 0 Å². The molecule has 0 amide bonds. The van der Waals surface area contributed by atoms with Crippen LogP contribution in [0, 0.1) is 0 Å². The van der Waals surface area contributed by atoms with Crippen molar-refractivity contribution in [2.75, 3.05) is 7.11 Å². The largest absolute Gasteiger partial charge is 0.479 e. The van der Waals surface area contributed by atoms with Gasteiger partial charge in [0, 0.05) is 0 Å². The number of benzene rings is 3. The summed E-state index contributed by atoms with van der Waals surface area (Å²) in [5, 5.41) is 23.6. The molecule has 3 N–H and O–H groups in total. The summed E-state index contributed by atoms with van der Waals surface area (Å²) < 4.78 is 17.1. The number of aliphatic hydroxyl groups is 1. The van der Waals surface area contributed by atoms with Crippen LogP contribution in [-0.2, 0) is 29.3 Å². The summed E-state index contributed by atoms with van der Waals surface area (Å²) in [6, 6.07) is 24.4. The number of aliphatic carboxylic acids is 1. The van der Waals surface area contributed by atoms with Crippen molar-refractivity contribution in [3.8, 4) is 11.1 Å². The summed E-state index contributed by atoms with van der Waals surface area (Å²) >= 11 is 0. The zero-order valence-electron chi connectivity index (χ0n) is 20.8. The average Bonchev–Trinajstić information content (AvgIpc) is 3.38. The minimum atomic E-state index is -1.92. The second kappa shape index (κ2) is 9.39. The lowest BCUT2D eigenvalue weighted by Gasteiger charge is -2.39. The lowest BCUT2D eigenvalue weighted by atomic mass is 9.79. The molecule has 192 valence electrons. The van der Waals surface area contributed by atoms with Gasteiger partial charge in [0.1, 0.15) is 18.2 Å². The number of carbonyl (C=O) groups excluding carboxylic acids is 1. The minimum absolute atomic E-state index is 0.675. The monoisotopic (exact) mass is 503 g/mol. The van der Waals surface area contributed by atoms with Crippen LogP contribution in [0.5, 0.6) is 0 Å². The van der Waals surface area contributed by atoms with Crippen molar-refractivity contribution in [2.45, 2.75) is 49.5 Å². The molecule has 8 heteroatoms. The third kappa shape index (κ3) is 4.12. The van der Waals surface area contributed by atoms with Crippen molar-refractivity contribution in [2.24, 2.45) is 0 Å². The Morgan fingerprint density at radius 2 is 1.38 bits per heavy atom. The van der Waals surface area contributed by atoms with Gasteiger partial charge in [-0.05, 0) is 41.7 Å². The maximum absolute atomic E-state index is 13.4. The lowest BCUT2D eigenvalue weighted by Crippen LogP contribution is -2.60. The highest BCUT2D eigenvalue weighted by molar-refractivity contribution is 5.84. The van der Waals surface area contributed by atoms with Gasteiger partial charge in [-0.1, -0.05) is 78.9 Å². The predicted molar refractivity (Wildman–Crippen MR) is 135 cm³/mol. The molecule has 8 nitrogen and oxygen atoms in total. The highest BCUT2D eigenvalue weighted by Gasteiger charge is 2.55. The number of rotatable bonds is 7. The number of carboxylic acid groups (broad SMARTS) is 1. The average molecular weight is 504 g/mol. The Morgan fingerprint density at radius 3 is 1.92 bits per heavy atom. The highest BCUT2D eigenvalue weighted by atomic mass is 16.8. The van der Waals surface area contributed by atoms with Crippen LogP contribution in [0.2, 0.25) is 0 Å². The second-order valence-electron chi connectivity index (χ2n) is 9.70. The summed E-state index contributed by atoms with van der Waals surface area (Å²) in [6.07, 6.45) is -4.42. The normalized spacial score (nSPS) is 22.5. The molecule has 1 saturated heterocycles. The van der Waals surface area contributed by atoms with Gasteiger partial charge in [-0.2, -0.15) is 0 Å². The van der Waals surface area contributed by atoms with E-state index in [-0.39, 0.29) is 0 Å². The van der Waals surface area contributed by atoms with E-state index in [2.05, 4.69) is 5.32 Å². The fraction of sp³-hybridized carbons (Fsp3) is 0.310. The summed E-state index contributed by atoms with van der Waals surface area (Å²) in [4.78, 5) is 25.1. The Labute approximate surface area is 214 Å². The zero-order chi connectivity index (χ0) is 26.4. The summed E-state index contributed by atoms with van der Waals surface area (Å²) in [5.41, 5.74) is 3.71. The van der Waals surface area contributed by atoms with Crippen molar-refractivity contribution in [3.63, 3.8) is 0 Å². The Hall–Kier alpha value is -3.56. The minimum Gasteiger partial charge on any atom is -0.479 e. The molecule has 0 bridgehead atoms. The number of esters is 1. The number of nitrogens with one attached hydrogen (secondary N) is 1. The van der Waals surface area contributed by atoms with Crippen LogP contribution in [0.25, 0.3) is 11.1 Å². The molecule has 3 aromatic carbocycles. The van der Waals surface area contributed by atoms with Crippen LogP contribution >= 0.6 is 0 Å². The Bertz CT molecular complexity index is 1280. The van der Waals surface area contributed by atoms with Gasteiger partial charge < -0.3 is 24.4 Å². The third-order valence-corrected chi connectivity index (χ3v) is 7.04. The molecule has 4 atom stereocenters. The number of carbonyl (C=O) groups is 2. The first-order valence-electron chi connectivity index (χ1n) is 12.1. The molecule has 0 saturated carbocycles. The van der Waals surface area contributed by atoms with Crippen molar-refractivity contribution >= 4 is 11.9 Å². The van der Waals surface area contributed by atoms with Gasteiger partial charge in [0.2, 0.25) is 0 Å². The maximum Gasteiger partial charge on any atom is 0.335 e. The first-order chi connectivity index (χ1) is 17.7. The van der Waals surface area contributed by atoms with E-state index in [0.717, 1.165) is 27.8 Å². The number of carboxylic acids is 1. The zero-order valence-corrected chi connectivity index (χ0v) is 20.8. The van der Waals surface area contributed by atoms with E-state index in [1.54, 1.807) is 13.8 Å². The first-order valence-corrected chi connectivity index (χ1v) is 12.1. The van der Waals surface area contributed by atoms with Gasteiger partial charge in [0.15, 0.2) is 11.9 Å². The molecule has 0 spiro atoms. The molecule has 0 aromatic heterocycles. The van der Waals surface area contributed by atoms with Gasteiger partial charge in [-0.25, -0.2) is 4.79 Å². The second-order valence-corrected chi connectivity index (χ2v) is 9.70. The molecule has 5 rings (SSSR count). The molecule has 2 aliphatic rings. The number of methoxy groups -OCH3 is 1. The van der Waals surface area contributed by atoms with Crippen molar-refractivity contribution in [3.05, 3.63) is 95.6 Å². The molecular weight excluding hydrogens is 474 g/mol. The van der Waals surface area contributed by atoms with E-state index in [1.807, 2.05) is 78.9 Å². The molecule has 1 aliphatic heterocycles.